The molecule has 3 heterocycles. The predicted octanol–water partition coefficient (Wildman–Crippen LogP) is 1.10. The average Bonchev–Trinajstić information content (AvgIpc) is 3.22. The molecular weight excluding hydrogens is 240 g/mol. The third-order valence-corrected chi connectivity index (χ3v) is 4.19. The van der Waals surface area contributed by atoms with Crippen LogP contribution in [0.2, 0.25) is 0 Å². The van der Waals surface area contributed by atoms with Crippen LogP contribution in [0.5, 0.6) is 0 Å². The lowest BCUT2D eigenvalue weighted by Gasteiger charge is -2.32. The molecule has 5 nitrogen and oxygen atoms in total. The Bertz CT molecular complexity index is 433. The van der Waals surface area contributed by atoms with E-state index >= 15 is 0 Å². The Balaban J connectivity index is 1.40. The van der Waals surface area contributed by atoms with E-state index in [1.54, 1.807) is 0 Å². The molecule has 1 N–H and O–H groups in total. The van der Waals surface area contributed by atoms with E-state index in [1.807, 2.05) is 12.4 Å². The zero-order valence-electron chi connectivity index (χ0n) is 11.1. The first kappa shape index (κ1) is 11.6. The molecule has 3 aliphatic rings. The molecule has 5 heteroatoms. The molecule has 1 aromatic rings. The van der Waals surface area contributed by atoms with E-state index in [0.717, 1.165) is 31.6 Å². The molecule has 2 saturated heterocycles. The highest BCUT2D eigenvalue weighted by Crippen LogP contribution is 2.28. The number of rotatable bonds is 4. The first-order chi connectivity index (χ1) is 9.37. The minimum Gasteiger partial charge on any atom is -0.371 e. The Kier molecular flexibility index (Phi) is 2.89. The smallest absolute Gasteiger partial charge is 0.225 e. The van der Waals surface area contributed by atoms with Gasteiger partial charge in [0.2, 0.25) is 5.95 Å². The molecule has 4 rings (SSSR count). The summed E-state index contributed by atoms with van der Waals surface area (Å²) in [7, 11) is 0. The van der Waals surface area contributed by atoms with Crippen LogP contribution in [0.15, 0.2) is 12.4 Å². The number of nitrogens with one attached hydrogen (secondary N) is 1. The van der Waals surface area contributed by atoms with Gasteiger partial charge in [-0.1, -0.05) is 0 Å². The topological polar surface area (TPSA) is 50.3 Å². The molecule has 2 unspecified atom stereocenters. The summed E-state index contributed by atoms with van der Waals surface area (Å²) in [6.07, 6.45) is 9.68. The molecule has 19 heavy (non-hydrogen) atoms. The van der Waals surface area contributed by atoms with Gasteiger partial charge in [0.25, 0.3) is 0 Å². The number of nitrogens with zero attached hydrogens (tertiary/aromatic N) is 3. The molecule has 3 fully saturated rings. The van der Waals surface area contributed by atoms with E-state index < -0.39 is 0 Å². The van der Waals surface area contributed by atoms with Crippen LogP contribution in [0.4, 0.5) is 5.95 Å². The first-order valence-corrected chi connectivity index (χ1v) is 7.31. The Morgan fingerprint density at radius 3 is 2.42 bits per heavy atom. The summed E-state index contributed by atoms with van der Waals surface area (Å²) in [6, 6.07) is 0.731. The third kappa shape index (κ3) is 2.58. The molecule has 2 atom stereocenters. The van der Waals surface area contributed by atoms with Gasteiger partial charge in [0.15, 0.2) is 0 Å². The highest BCUT2D eigenvalue weighted by molar-refractivity contribution is 5.32. The van der Waals surface area contributed by atoms with Crippen LogP contribution in [-0.4, -0.2) is 41.3 Å². The molecule has 0 spiro atoms. The van der Waals surface area contributed by atoms with Crippen molar-refractivity contribution in [3.8, 4) is 0 Å². The molecule has 102 valence electrons. The highest BCUT2D eigenvalue weighted by atomic mass is 16.5. The summed E-state index contributed by atoms with van der Waals surface area (Å²) < 4.78 is 5.84. The monoisotopic (exact) mass is 260 g/mol. The fourth-order valence-electron chi connectivity index (χ4n) is 2.93. The van der Waals surface area contributed by atoms with Crippen molar-refractivity contribution in [3.05, 3.63) is 18.0 Å². The van der Waals surface area contributed by atoms with Crippen molar-refractivity contribution in [1.82, 2.24) is 15.3 Å². The fourth-order valence-corrected chi connectivity index (χ4v) is 2.93. The Hall–Kier alpha value is -1.20. The van der Waals surface area contributed by atoms with E-state index in [4.69, 9.17) is 4.74 Å². The van der Waals surface area contributed by atoms with Crippen LogP contribution in [0.3, 0.4) is 0 Å². The molecule has 1 aromatic heterocycles. The van der Waals surface area contributed by atoms with E-state index in [-0.39, 0.29) is 0 Å². The Labute approximate surface area is 113 Å². The SMILES string of the molecule is c1nc(N2CC3CCC(C2)O3)ncc1CNC1CC1. The molecule has 0 radical (unpaired) electrons. The van der Waals surface area contributed by atoms with Gasteiger partial charge in [-0.15, -0.1) is 0 Å². The van der Waals surface area contributed by atoms with Gasteiger partial charge in [-0.05, 0) is 25.7 Å². The predicted molar refractivity (Wildman–Crippen MR) is 72.0 cm³/mol. The standard InChI is InChI=1S/C14H20N4O/c1-2-11(1)15-5-10-6-16-14(17-7-10)18-8-12-3-4-13(9-18)19-12/h6-7,11-13,15H,1-5,8-9H2. The van der Waals surface area contributed by atoms with E-state index in [0.29, 0.717) is 12.2 Å². The zero-order chi connectivity index (χ0) is 12.7. The van der Waals surface area contributed by atoms with Crippen LogP contribution >= 0.6 is 0 Å². The number of morpholine rings is 1. The average molecular weight is 260 g/mol. The van der Waals surface area contributed by atoms with Crippen molar-refractivity contribution < 1.29 is 4.74 Å². The van der Waals surface area contributed by atoms with Gasteiger partial charge in [0.1, 0.15) is 0 Å². The van der Waals surface area contributed by atoms with Crippen molar-refractivity contribution in [2.45, 2.75) is 50.5 Å². The van der Waals surface area contributed by atoms with Gasteiger partial charge < -0.3 is 15.0 Å². The molecule has 2 aliphatic heterocycles. The summed E-state index contributed by atoms with van der Waals surface area (Å²) in [5.41, 5.74) is 1.17. The van der Waals surface area contributed by atoms with Gasteiger partial charge in [0.05, 0.1) is 12.2 Å². The molecule has 0 aromatic carbocycles. The maximum atomic E-state index is 5.84. The summed E-state index contributed by atoms with van der Waals surface area (Å²) in [6.45, 7) is 2.77. The lowest BCUT2D eigenvalue weighted by Crippen LogP contribution is -2.43. The number of fused-ring (bicyclic) bond motifs is 2. The molecule has 2 bridgehead atoms. The second-order valence-corrected chi connectivity index (χ2v) is 5.91. The van der Waals surface area contributed by atoms with E-state index in [2.05, 4.69) is 20.2 Å². The van der Waals surface area contributed by atoms with Crippen LogP contribution in [0.1, 0.15) is 31.2 Å². The normalized spacial score (nSPS) is 29.8. The summed E-state index contributed by atoms with van der Waals surface area (Å²) in [5.74, 6) is 0.857. The quantitative estimate of drug-likeness (QED) is 0.878. The van der Waals surface area contributed by atoms with Crippen molar-refractivity contribution in [1.29, 1.82) is 0 Å². The van der Waals surface area contributed by atoms with E-state index in [9.17, 15) is 0 Å². The van der Waals surface area contributed by atoms with Crippen molar-refractivity contribution in [2.24, 2.45) is 0 Å². The fraction of sp³-hybridized carbons (Fsp3) is 0.714. The van der Waals surface area contributed by atoms with Gasteiger partial charge in [-0.2, -0.15) is 0 Å². The molecular formula is C14H20N4O. The van der Waals surface area contributed by atoms with Gasteiger partial charge in [-0.3, -0.25) is 0 Å². The van der Waals surface area contributed by atoms with Gasteiger partial charge in [0, 0.05) is 43.6 Å². The number of aromatic nitrogens is 2. The number of hydrogen-bond donors (Lipinski definition) is 1. The van der Waals surface area contributed by atoms with Crippen LogP contribution in [-0.2, 0) is 11.3 Å². The van der Waals surface area contributed by atoms with E-state index in [1.165, 1.54) is 31.2 Å². The van der Waals surface area contributed by atoms with Crippen LogP contribution in [0.25, 0.3) is 0 Å². The van der Waals surface area contributed by atoms with Crippen molar-refractivity contribution in [3.63, 3.8) is 0 Å². The third-order valence-electron chi connectivity index (χ3n) is 4.19. The Morgan fingerprint density at radius 2 is 1.79 bits per heavy atom. The van der Waals surface area contributed by atoms with Gasteiger partial charge in [-0.25, -0.2) is 9.97 Å². The number of ether oxygens (including phenoxy) is 1. The lowest BCUT2D eigenvalue weighted by molar-refractivity contribution is 0.0299. The van der Waals surface area contributed by atoms with Gasteiger partial charge >= 0.3 is 0 Å². The second-order valence-electron chi connectivity index (χ2n) is 5.91. The zero-order valence-corrected chi connectivity index (χ0v) is 11.1. The van der Waals surface area contributed by atoms with Crippen LogP contribution in [0, 0.1) is 0 Å². The lowest BCUT2D eigenvalue weighted by atomic mass is 10.2. The summed E-state index contributed by atoms with van der Waals surface area (Å²) in [5, 5.41) is 3.48. The Morgan fingerprint density at radius 1 is 1.11 bits per heavy atom. The summed E-state index contributed by atoms with van der Waals surface area (Å²) >= 11 is 0. The molecule has 0 amide bonds. The second kappa shape index (κ2) is 4.72. The number of hydrogen-bond acceptors (Lipinski definition) is 5. The van der Waals surface area contributed by atoms with Crippen molar-refractivity contribution >= 4 is 5.95 Å². The maximum absolute atomic E-state index is 5.84. The largest absolute Gasteiger partial charge is 0.371 e. The minimum atomic E-state index is 0.388. The summed E-state index contributed by atoms with van der Waals surface area (Å²) in [4.78, 5) is 11.3. The minimum absolute atomic E-state index is 0.388. The number of anilines is 1. The first-order valence-electron chi connectivity index (χ1n) is 7.31. The van der Waals surface area contributed by atoms with Crippen molar-refractivity contribution in [2.75, 3.05) is 18.0 Å². The van der Waals surface area contributed by atoms with Crippen LogP contribution < -0.4 is 10.2 Å². The highest BCUT2D eigenvalue weighted by Gasteiger charge is 2.34. The molecule has 1 aliphatic carbocycles. The molecule has 1 saturated carbocycles. The maximum Gasteiger partial charge on any atom is 0.225 e.